The number of nitrogens with zero attached hydrogens (tertiary/aromatic N) is 1. The summed E-state index contributed by atoms with van der Waals surface area (Å²) in [5, 5.41) is 4.71. The second kappa shape index (κ2) is 4.34. The fourth-order valence-electron chi connectivity index (χ4n) is 2.55. The predicted octanol–water partition coefficient (Wildman–Crippen LogP) is 2.76. The maximum absolute atomic E-state index is 5.82. The number of rotatable bonds is 2. The van der Waals surface area contributed by atoms with Gasteiger partial charge in [0, 0.05) is 17.9 Å². The first-order valence-corrected chi connectivity index (χ1v) is 6.98. The molecular weight excluding hydrogens is 232 g/mol. The molecule has 1 unspecified atom stereocenters. The van der Waals surface area contributed by atoms with Crippen LogP contribution in [0.5, 0.6) is 0 Å². The van der Waals surface area contributed by atoms with Crippen molar-refractivity contribution in [3.63, 3.8) is 0 Å². The zero-order valence-electron chi connectivity index (χ0n) is 11.4. The van der Waals surface area contributed by atoms with E-state index in [1.165, 1.54) is 9.88 Å². The molecule has 3 nitrogen and oxygen atoms in total. The lowest BCUT2D eigenvalue weighted by Crippen LogP contribution is -2.51. The molecule has 1 aliphatic heterocycles. The lowest BCUT2D eigenvalue weighted by Gasteiger charge is -2.43. The molecule has 0 bridgehead atoms. The standard InChI is InChI=1S/C13H22N2OS/c1-9-10(2)17-11(15-9)13(14-5)6-7-16-12(3,4)8-13/h14H,6-8H2,1-5H3. The van der Waals surface area contributed by atoms with E-state index in [-0.39, 0.29) is 11.1 Å². The van der Waals surface area contributed by atoms with Crippen LogP contribution in [-0.4, -0.2) is 24.2 Å². The molecule has 0 spiro atoms. The number of aryl methyl sites for hydroxylation is 2. The second-order valence-electron chi connectivity index (χ2n) is 5.53. The summed E-state index contributed by atoms with van der Waals surface area (Å²) in [5.74, 6) is 0. The molecular formula is C13H22N2OS. The van der Waals surface area contributed by atoms with Crippen LogP contribution in [0.2, 0.25) is 0 Å². The Balaban J connectivity index is 2.37. The summed E-state index contributed by atoms with van der Waals surface area (Å²) in [6.45, 7) is 9.34. The van der Waals surface area contributed by atoms with Gasteiger partial charge in [-0.15, -0.1) is 11.3 Å². The first-order valence-electron chi connectivity index (χ1n) is 6.16. The Bertz CT molecular complexity index is 394. The highest BCUT2D eigenvalue weighted by Crippen LogP contribution is 2.41. The second-order valence-corrected chi connectivity index (χ2v) is 6.73. The summed E-state index contributed by atoms with van der Waals surface area (Å²) in [6.07, 6.45) is 1.97. The maximum Gasteiger partial charge on any atom is 0.113 e. The molecule has 0 saturated carbocycles. The van der Waals surface area contributed by atoms with E-state index < -0.39 is 0 Å². The van der Waals surface area contributed by atoms with Crippen molar-refractivity contribution < 1.29 is 4.74 Å². The molecule has 1 aliphatic rings. The number of hydrogen-bond donors (Lipinski definition) is 1. The van der Waals surface area contributed by atoms with Crippen LogP contribution in [0, 0.1) is 13.8 Å². The van der Waals surface area contributed by atoms with Crippen molar-refractivity contribution in [1.29, 1.82) is 0 Å². The largest absolute Gasteiger partial charge is 0.375 e. The molecule has 2 rings (SSSR count). The van der Waals surface area contributed by atoms with E-state index >= 15 is 0 Å². The summed E-state index contributed by atoms with van der Waals surface area (Å²) in [5.41, 5.74) is 1.07. The number of nitrogens with one attached hydrogen (secondary N) is 1. The van der Waals surface area contributed by atoms with Crippen molar-refractivity contribution in [3.05, 3.63) is 15.6 Å². The van der Waals surface area contributed by atoms with Crippen LogP contribution in [0.25, 0.3) is 0 Å². The molecule has 0 aliphatic carbocycles. The van der Waals surface area contributed by atoms with Gasteiger partial charge in [0.1, 0.15) is 5.01 Å². The van der Waals surface area contributed by atoms with Gasteiger partial charge in [-0.1, -0.05) is 0 Å². The third-order valence-corrected chi connectivity index (χ3v) is 4.94. The van der Waals surface area contributed by atoms with Crippen LogP contribution in [0.4, 0.5) is 0 Å². The molecule has 0 aromatic carbocycles. The summed E-state index contributed by atoms with van der Waals surface area (Å²) < 4.78 is 5.82. The molecule has 1 N–H and O–H groups in total. The molecule has 0 amide bonds. The molecule has 96 valence electrons. The van der Waals surface area contributed by atoms with Gasteiger partial charge in [-0.2, -0.15) is 0 Å². The Labute approximate surface area is 108 Å². The first-order chi connectivity index (χ1) is 7.88. The van der Waals surface area contributed by atoms with Crippen LogP contribution in [-0.2, 0) is 10.3 Å². The molecule has 1 fully saturated rings. The third kappa shape index (κ3) is 2.39. The average molecular weight is 254 g/mol. The van der Waals surface area contributed by atoms with Gasteiger partial charge < -0.3 is 10.1 Å². The number of thiazole rings is 1. The predicted molar refractivity (Wildman–Crippen MR) is 71.6 cm³/mol. The smallest absolute Gasteiger partial charge is 0.113 e. The summed E-state index contributed by atoms with van der Waals surface area (Å²) in [6, 6.07) is 0. The van der Waals surface area contributed by atoms with Gasteiger partial charge in [-0.3, -0.25) is 0 Å². The fraction of sp³-hybridized carbons (Fsp3) is 0.769. The van der Waals surface area contributed by atoms with Crippen molar-refractivity contribution >= 4 is 11.3 Å². The molecule has 17 heavy (non-hydrogen) atoms. The van der Waals surface area contributed by atoms with E-state index in [9.17, 15) is 0 Å². The van der Waals surface area contributed by atoms with E-state index in [1.54, 1.807) is 0 Å². The molecule has 0 radical (unpaired) electrons. The van der Waals surface area contributed by atoms with Crippen molar-refractivity contribution in [2.45, 2.75) is 51.7 Å². The Morgan fingerprint density at radius 2 is 2.06 bits per heavy atom. The van der Waals surface area contributed by atoms with Gasteiger partial charge >= 0.3 is 0 Å². The third-order valence-electron chi connectivity index (χ3n) is 3.67. The van der Waals surface area contributed by atoms with Crippen molar-refractivity contribution in [2.24, 2.45) is 0 Å². The van der Waals surface area contributed by atoms with Gasteiger partial charge in [-0.05, 0) is 41.2 Å². The van der Waals surface area contributed by atoms with E-state index in [4.69, 9.17) is 9.72 Å². The maximum atomic E-state index is 5.82. The first kappa shape index (κ1) is 13.0. The number of hydrogen-bond acceptors (Lipinski definition) is 4. The topological polar surface area (TPSA) is 34.2 Å². The Kier molecular flexibility index (Phi) is 3.31. The lowest BCUT2D eigenvalue weighted by atomic mass is 9.82. The van der Waals surface area contributed by atoms with Crippen molar-refractivity contribution in [3.8, 4) is 0 Å². The average Bonchev–Trinajstić information content (AvgIpc) is 2.58. The van der Waals surface area contributed by atoms with Crippen LogP contribution in [0.1, 0.15) is 42.3 Å². The van der Waals surface area contributed by atoms with Gasteiger partial charge in [0.2, 0.25) is 0 Å². The minimum absolute atomic E-state index is 0.00850. The van der Waals surface area contributed by atoms with E-state index in [0.717, 1.165) is 25.1 Å². The van der Waals surface area contributed by atoms with E-state index in [1.807, 2.05) is 18.4 Å². The highest BCUT2D eigenvalue weighted by Gasteiger charge is 2.43. The lowest BCUT2D eigenvalue weighted by molar-refractivity contribution is -0.0883. The van der Waals surface area contributed by atoms with Gasteiger partial charge in [-0.25, -0.2) is 4.98 Å². The molecule has 1 atom stereocenters. The van der Waals surface area contributed by atoms with Gasteiger partial charge in [0.05, 0.1) is 16.8 Å². The quantitative estimate of drug-likeness (QED) is 0.881. The summed E-state index contributed by atoms with van der Waals surface area (Å²) in [7, 11) is 2.04. The Morgan fingerprint density at radius 3 is 2.53 bits per heavy atom. The van der Waals surface area contributed by atoms with Crippen molar-refractivity contribution in [1.82, 2.24) is 10.3 Å². The summed E-state index contributed by atoms with van der Waals surface area (Å²) >= 11 is 1.82. The van der Waals surface area contributed by atoms with Gasteiger partial charge in [0.15, 0.2) is 0 Å². The van der Waals surface area contributed by atoms with Crippen LogP contribution in [0.3, 0.4) is 0 Å². The SMILES string of the molecule is CNC1(c2nc(C)c(C)s2)CCOC(C)(C)C1. The number of ether oxygens (including phenoxy) is 1. The zero-order chi connectivity index (χ0) is 12.7. The highest BCUT2D eigenvalue weighted by atomic mass is 32.1. The monoisotopic (exact) mass is 254 g/mol. The van der Waals surface area contributed by atoms with Crippen LogP contribution >= 0.6 is 11.3 Å². The molecule has 4 heteroatoms. The zero-order valence-corrected chi connectivity index (χ0v) is 12.2. The minimum atomic E-state index is -0.0747. The highest BCUT2D eigenvalue weighted by molar-refractivity contribution is 7.11. The van der Waals surface area contributed by atoms with E-state index in [0.29, 0.717) is 0 Å². The Hall–Kier alpha value is -0.450. The molecule has 1 aromatic heterocycles. The van der Waals surface area contributed by atoms with Crippen molar-refractivity contribution in [2.75, 3.05) is 13.7 Å². The van der Waals surface area contributed by atoms with Gasteiger partial charge in [0.25, 0.3) is 0 Å². The van der Waals surface area contributed by atoms with Crippen LogP contribution < -0.4 is 5.32 Å². The minimum Gasteiger partial charge on any atom is -0.375 e. The molecule has 1 aromatic rings. The molecule has 1 saturated heterocycles. The van der Waals surface area contributed by atoms with Crippen LogP contribution in [0.15, 0.2) is 0 Å². The summed E-state index contributed by atoms with van der Waals surface area (Å²) in [4.78, 5) is 6.06. The Morgan fingerprint density at radius 1 is 1.35 bits per heavy atom. The number of aromatic nitrogens is 1. The van der Waals surface area contributed by atoms with E-state index in [2.05, 4.69) is 33.0 Å². The molecule has 2 heterocycles. The normalized spacial score (nSPS) is 28.3. The fourth-order valence-corrected chi connectivity index (χ4v) is 3.69.